The number of hydrogen-bond donors (Lipinski definition) is 2. The maximum absolute atomic E-state index is 12.0. The summed E-state index contributed by atoms with van der Waals surface area (Å²) < 4.78 is 4.49. The maximum atomic E-state index is 12.0. The van der Waals surface area contributed by atoms with Gasteiger partial charge in [0, 0.05) is 5.69 Å². The SMILES string of the molecule is Cc1ccccc1NC(=O)C(C)c1nonc1N. The van der Waals surface area contributed by atoms with Gasteiger partial charge in [0.2, 0.25) is 5.91 Å². The number of rotatable bonds is 3. The average molecular weight is 246 g/mol. The fourth-order valence-corrected chi connectivity index (χ4v) is 1.58. The van der Waals surface area contributed by atoms with Gasteiger partial charge in [0.25, 0.3) is 0 Å². The van der Waals surface area contributed by atoms with E-state index in [1.54, 1.807) is 6.92 Å². The van der Waals surface area contributed by atoms with E-state index in [2.05, 4.69) is 20.3 Å². The van der Waals surface area contributed by atoms with Gasteiger partial charge in [-0.25, -0.2) is 4.63 Å². The Morgan fingerprint density at radius 2 is 2.11 bits per heavy atom. The van der Waals surface area contributed by atoms with E-state index in [0.717, 1.165) is 11.3 Å². The van der Waals surface area contributed by atoms with Crippen LogP contribution in [0.15, 0.2) is 28.9 Å². The van der Waals surface area contributed by atoms with Crippen molar-refractivity contribution >= 4 is 17.4 Å². The topological polar surface area (TPSA) is 94.0 Å². The Morgan fingerprint density at radius 1 is 1.39 bits per heavy atom. The molecule has 1 heterocycles. The van der Waals surface area contributed by atoms with Crippen LogP contribution in [0.4, 0.5) is 11.5 Å². The van der Waals surface area contributed by atoms with Gasteiger partial charge >= 0.3 is 0 Å². The first-order valence-corrected chi connectivity index (χ1v) is 5.54. The van der Waals surface area contributed by atoms with Crippen LogP contribution in [0.3, 0.4) is 0 Å². The number of amides is 1. The van der Waals surface area contributed by atoms with Gasteiger partial charge in [-0.15, -0.1) is 0 Å². The molecule has 0 bridgehead atoms. The van der Waals surface area contributed by atoms with Crippen LogP contribution in [-0.4, -0.2) is 16.2 Å². The number of nitrogens with zero attached hydrogens (tertiary/aromatic N) is 2. The lowest BCUT2D eigenvalue weighted by Gasteiger charge is -2.11. The van der Waals surface area contributed by atoms with E-state index in [4.69, 9.17) is 5.73 Å². The van der Waals surface area contributed by atoms with Crippen molar-refractivity contribution in [1.29, 1.82) is 0 Å². The monoisotopic (exact) mass is 246 g/mol. The molecule has 0 saturated heterocycles. The minimum Gasteiger partial charge on any atom is -0.379 e. The summed E-state index contributed by atoms with van der Waals surface area (Å²) in [4.78, 5) is 12.0. The van der Waals surface area contributed by atoms with Crippen LogP contribution >= 0.6 is 0 Å². The van der Waals surface area contributed by atoms with Crippen molar-refractivity contribution in [3.05, 3.63) is 35.5 Å². The summed E-state index contributed by atoms with van der Waals surface area (Å²) in [6.45, 7) is 3.62. The van der Waals surface area contributed by atoms with Gasteiger partial charge in [0.15, 0.2) is 5.82 Å². The Labute approximate surface area is 104 Å². The predicted octanol–water partition coefficient (Wildman–Crippen LogP) is 1.70. The lowest BCUT2D eigenvalue weighted by Crippen LogP contribution is -2.20. The van der Waals surface area contributed by atoms with Gasteiger partial charge in [0.05, 0.1) is 5.92 Å². The van der Waals surface area contributed by atoms with Crippen molar-refractivity contribution < 1.29 is 9.42 Å². The summed E-state index contributed by atoms with van der Waals surface area (Å²) in [6.07, 6.45) is 0. The zero-order valence-electron chi connectivity index (χ0n) is 10.2. The first-order valence-electron chi connectivity index (χ1n) is 5.54. The van der Waals surface area contributed by atoms with Crippen LogP contribution in [0.5, 0.6) is 0 Å². The molecule has 3 N–H and O–H groups in total. The number of para-hydroxylation sites is 1. The molecule has 0 radical (unpaired) electrons. The van der Waals surface area contributed by atoms with Crippen molar-refractivity contribution in [1.82, 2.24) is 10.3 Å². The smallest absolute Gasteiger partial charge is 0.233 e. The molecule has 18 heavy (non-hydrogen) atoms. The van der Waals surface area contributed by atoms with E-state index in [9.17, 15) is 4.79 Å². The molecular formula is C12H14N4O2. The van der Waals surface area contributed by atoms with E-state index in [1.165, 1.54) is 0 Å². The second kappa shape index (κ2) is 4.87. The maximum Gasteiger partial charge on any atom is 0.233 e. The predicted molar refractivity (Wildman–Crippen MR) is 66.9 cm³/mol. The van der Waals surface area contributed by atoms with E-state index in [0.29, 0.717) is 5.69 Å². The van der Waals surface area contributed by atoms with Gasteiger partial charge < -0.3 is 11.1 Å². The second-order valence-electron chi connectivity index (χ2n) is 4.06. The molecule has 2 rings (SSSR count). The lowest BCUT2D eigenvalue weighted by molar-refractivity contribution is -0.117. The molecular weight excluding hydrogens is 232 g/mol. The van der Waals surface area contributed by atoms with E-state index >= 15 is 0 Å². The van der Waals surface area contributed by atoms with Gasteiger partial charge in [0.1, 0.15) is 5.69 Å². The highest BCUT2D eigenvalue weighted by Gasteiger charge is 2.22. The minimum atomic E-state index is -0.518. The van der Waals surface area contributed by atoms with E-state index < -0.39 is 5.92 Å². The van der Waals surface area contributed by atoms with Crippen LogP contribution in [0.25, 0.3) is 0 Å². The standard InChI is InChI=1S/C12H14N4O2/c1-7-5-3-4-6-9(7)14-12(17)8(2)10-11(13)16-18-15-10/h3-6,8H,1-2H3,(H2,13,16)(H,14,17). The number of nitrogens with one attached hydrogen (secondary N) is 1. The quantitative estimate of drug-likeness (QED) is 0.859. The lowest BCUT2D eigenvalue weighted by atomic mass is 10.1. The number of nitrogen functional groups attached to an aromatic ring is 1. The highest BCUT2D eigenvalue weighted by Crippen LogP contribution is 2.21. The molecule has 6 heteroatoms. The second-order valence-corrected chi connectivity index (χ2v) is 4.06. The number of carbonyl (C=O) groups excluding carboxylic acids is 1. The zero-order chi connectivity index (χ0) is 13.1. The molecule has 0 aliphatic heterocycles. The largest absolute Gasteiger partial charge is 0.379 e. The van der Waals surface area contributed by atoms with Crippen molar-refractivity contribution in [3.8, 4) is 0 Å². The zero-order valence-corrected chi connectivity index (χ0v) is 10.2. The highest BCUT2D eigenvalue weighted by atomic mass is 16.6. The third-order valence-corrected chi connectivity index (χ3v) is 2.75. The number of aromatic nitrogens is 2. The molecule has 0 fully saturated rings. The highest BCUT2D eigenvalue weighted by molar-refractivity contribution is 5.96. The first kappa shape index (κ1) is 12.1. The van der Waals surface area contributed by atoms with Crippen molar-refractivity contribution in [2.24, 2.45) is 0 Å². The third-order valence-electron chi connectivity index (χ3n) is 2.75. The molecule has 0 spiro atoms. The fraction of sp³-hybridized carbons (Fsp3) is 0.250. The molecule has 1 atom stereocenters. The molecule has 6 nitrogen and oxygen atoms in total. The summed E-state index contributed by atoms with van der Waals surface area (Å²) >= 11 is 0. The minimum absolute atomic E-state index is 0.141. The summed E-state index contributed by atoms with van der Waals surface area (Å²) in [5, 5.41) is 9.91. The Balaban J connectivity index is 2.14. The normalized spacial score (nSPS) is 12.1. The number of aryl methyl sites for hydroxylation is 1. The summed E-state index contributed by atoms with van der Waals surface area (Å²) in [5.41, 5.74) is 7.66. The molecule has 2 aromatic rings. The Bertz CT molecular complexity index is 565. The van der Waals surface area contributed by atoms with Crippen LogP contribution in [0, 0.1) is 6.92 Å². The Kier molecular flexibility index (Phi) is 3.27. The molecule has 0 aliphatic carbocycles. The number of hydrogen-bond acceptors (Lipinski definition) is 5. The van der Waals surface area contributed by atoms with Gasteiger partial charge in [-0.3, -0.25) is 4.79 Å². The van der Waals surface area contributed by atoms with Crippen LogP contribution in [0.1, 0.15) is 24.1 Å². The fourth-order valence-electron chi connectivity index (χ4n) is 1.58. The summed E-state index contributed by atoms with van der Waals surface area (Å²) in [5.74, 6) is -0.579. The molecule has 1 unspecified atom stereocenters. The van der Waals surface area contributed by atoms with Crippen LogP contribution in [-0.2, 0) is 4.79 Å². The molecule has 1 amide bonds. The van der Waals surface area contributed by atoms with Gasteiger partial charge in [-0.2, -0.15) is 0 Å². The molecule has 0 saturated carbocycles. The number of nitrogens with two attached hydrogens (primary N) is 1. The third kappa shape index (κ3) is 2.32. The van der Waals surface area contributed by atoms with Crippen LogP contribution < -0.4 is 11.1 Å². The van der Waals surface area contributed by atoms with E-state index in [-0.39, 0.29) is 11.7 Å². The summed E-state index contributed by atoms with van der Waals surface area (Å²) in [7, 11) is 0. The van der Waals surface area contributed by atoms with Crippen molar-refractivity contribution in [2.75, 3.05) is 11.1 Å². The summed E-state index contributed by atoms with van der Waals surface area (Å²) in [6, 6.07) is 7.53. The molecule has 94 valence electrons. The first-order chi connectivity index (χ1) is 8.59. The van der Waals surface area contributed by atoms with Gasteiger partial charge in [-0.1, -0.05) is 23.4 Å². The van der Waals surface area contributed by atoms with Gasteiger partial charge in [-0.05, 0) is 30.6 Å². The van der Waals surface area contributed by atoms with E-state index in [1.807, 2.05) is 31.2 Å². The average Bonchev–Trinajstić information content (AvgIpc) is 2.77. The number of carbonyl (C=O) groups is 1. The number of benzene rings is 1. The Hall–Kier alpha value is -2.37. The van der Waals surface area contributed by atoms with Crippen molar-refractivity contribution in [2.45, 2.75) is 19.8 Å². The Morgan fingerprint density at radius 3 is 2.72 bits per heavy atom. The molecule has 0 aliphatic rings. The van der Waals surface area contributed by atoms with Crippen LogP contribution in [0.2, 0.25) is 0 Å². The van der Waals surface area contributed by atoms with Crippen molar-refractivity contribution in [3.63, 3.8) is 0 Å². The number of anilines is 2. The molecule has 1 aromatic heterocycles. The molecule has 1 aromatic carbocycles.